The van der Waals surface area contributed by atoms with Gasteiger partial charge in [-0.25, -0.2) is 4.98 Å². The molecule has 2 heterocycles. The molecule has 0 unspecified atom stereocenters. The molecule has 19 heavy (non-hydrogen) atoms. The predicted octanol–water partition coefficient (Wildman–Crippen LogP) is 1.56. The Bertz CT molecular complexity index is 661. The Hall–Kier alpha value is -2.17. The summed E-state index contributed by atoms with van der Waals surface area (Å²) in [4.78, 5) is 28.5. The number of nitrogens with one attached hydrogen (secondary N) is 1. The number of carbonyl (C=O) groups excluding carboxylic acids is 1. The molecule has 1 amide bonds. The summed E-state index contributed by atoms with van der Waals surface area (Å²) in [5.41, 5.74) is 0.500. The van der Waals surface area contributed by atoms with E-state index in [1.807, 2.05) is 19.9 Å². The summed E-state index contributed by atoms with van der Waals surface area (Å²) in [5.74, 6) is -0.320. The fourth-order valence-corrected chi connectivity index (χ4v) is 2.00. The fraction of sp³-hybridized carbons (Fsp3) is 0.357. The maximum atomic E-state index is 12.3. The number of fused-ring (bicyclic) bond motifs is 1. The highest BCUT2D eigenvalue weighted by molar-refractivity contribution is 5.96. The van der Waals surface area contributed by atoms with Gasteiger partial charge in [-0.05, 0) is 31.5 Å². The van der Waals surface area contributed by atoms with E-state index in [1.165, 1.54) is 4.57 Å². The SMILES string of the molecule is CCCNC(=O)c1cc2cccnc2n(CC)c1=O. The third-order valence-electron chi connectivity index (χ3n) is 2.94. The molecule has 5 heteroatoms. The second-order valence-corrected chi connectivity index (χ2v) is 4.28. The van der Waals surface area contributed by atoms with E-state index >= 15 is 0 Å². The molecule has 0 atom stereocenters. The smallest absolute Gasteiger partial charge is 0.265 e. The molecular formula is C14H17N3O2. The van der Waals surface area contributed by atoms with Crippen molar-refractivity contribution in [3.8, 4) is 0 Å². The van der Waals surface area contributed by atoms with E-state index in [4.69, 9.17) is 0 Å². The number of amides is 1. The first-order chi connectivity index (χ1) is 9.19. The summed E-state index contributed by atoms with van der Waals surface area (Å²) in [5, 5.41) is 3.53. The van der Waals surface area contributed by atoms with Gasteiger partial charge >= 0.3 is 0 Å². The molecule has 2 aromatic heterocycles. The van der Waals surface area contributed by atoms with E-state index in [2.05, 4.69) is 10.3 Å². The normalized spacial score (nSPS) is 10.6. The lowest BCUT2D eigenvalue weighted by Crippen LogP contribution is -2.33. The third kappa shape index (κ3) is 2.50. The predicted molar refractivity (Wildman–Crippen MR) is 74.3 cm³/mol. The van der Waals surface area contributed by atoms with Crippen LogP contribution in [0, 0.1) is 0 Å². The van der Waals surface area contributed by atoms with E-state index in [1.54, 1.807) is 18.3 Å². The molecule has 5 nitrogen and oxygen atoms in total. The van der Waals surface area contributed by atoms with E-state index in [9.17, 15) is 9.59 Å². The van der Waals surface area contributed by atoms with Crippen molar-refractivity contribution in [2.45, 2.75) is 26.8 Å². The van der Waals surface area contributed by atoms with Gasteiger partial charge in [-0.3, -0.25) is 14.2 Å². The number of aromatic nitrogens is 2. The molecule has 2 rings (SSSR count). The Morgan fingerprint density at radius 3 is 2.89 bits per heavy atom. The number of hydrogen-bond donors (Lipinski definition) is 1. The molecule has 0 fully saturated rings. The van der Waals surface area contributed by atoms with Crippen molar-refractivity contribution in [1.82, 2.24) is 14.9 Å². The Balaban J connectivity index is 2.59. The molecule has 100 valence electrons. The minimum absolute atomic E-state index is 0.177. The lowest BCUT2D eigenvalue weighted by atomic mass is 10.2. The number of rotatable bonds is 4. The van der Waals surface area contributed by atoms with Crippen LogP contribution in [0.25, 0.3) is 11.0 Å². The van der Waals surface area contributed by atoms with Crippen LogP contribution < -0.4 is 10.9 Å². The fourth-order valence-electron chi connectivity index (χ4n) is 2.00. The first kappa shape index (κ1) is 13.3. The quantitative estimate of drug-likeness (QED) is 0.906. The minimum atomic E-state index is -0.320. The summed E-state index contributed by atoms with van der Waals surface area (Å²) in [7, 11) is 0. The summed E-state index contributed by atoms with van der Waals surface area (Å²) in [6.45, 7) is 4.88. The van der Waals surface area contributed by atoms with Crippen molar-refractivity contribution in [3.63, 3.8) is 0 Å². The molecule has 0 aromatic carbocycles. The zero-order valence-corrected chi connectivity index (χ0v) is 11.1. The molecule has 0 spiro atoms. The molecule has 0 aliphatic rings. The average Bonchev–Trinajstić information content (AvgIpc) is 2.44. The highest BCUT2D eigenvalue weighted by atomic mass is 16.2. The van der Waals surface area contributed by atoms with Crippen molar-refractivity contribution in [2.24, 2.45) is 0 Å². The molecule has 0 aliphatic carbocycles. The average molecular weight is 259 g/mol. The van der Waals surface area contributed by atoms with Crippen LogP contribution in [0.15, 0.2) is 29.2 Å². The zero-order chi connectivity index (χ0) is 13.8. The van der Waals surface area contributed by atoms with Crippen LogP contribution in [0.5, 0.6) is 0 Å². The summed E-state index contributed by atoms with van der Waals surface area (Å²) < 4.78 is 1.52. The molecule has 2 aromatic rings. The first-order valence-electron chi connectivity index (χ1n) is 6.45. The van der Waals surface area contributed by atoms with Crippen molar-refractivity contribution in [1.29, 1.82) is 0 Å². The Morgan fingerprint density at radius 2 is 2.21 bits per heavy atom. The Morgan fingerprint density at radius 1 is 1.42 bits per heavy atom. The van der Waals surface area contributed by atoms with E-state index in [0.29, 0.717) is 18.7 Å². The van der Waals surface area contributed by atoms with E-state index in [0.717, 1.165) is 11.8 Å². The zero-order valence-electron chi connectivity index (χ0n) is 11.1. The molecule has 0 saturated carbocycles. The van der Waals surface area contributed by atoms with Crippen molar-refractivity contribution in [3.05, 3.63) is 40.3 Å². The second kappa shape index (κ2) is 5.65. The third-order valence-corrected chi connectivity index (χ3v) is 2.94. The highest BCUT2D eigenvalue weighted by Crippen LogP contribution is 2.10. The van der Waals surface area contributed by atoms with Crippen LogP contribution in [0.2, 0.25) is 0 Å². The van der Waals surface area contributed by atoms with Gasteiger partial charge in [0.15, 0.2) is 0 Å². The van der Waals surface area contributed by atoms with Gasteiger partial charge in [0.25, 0.3) is 11.5 Å². The van der Waals surface area contributed by atoms with Crippen LogP contribution in [-0.4, -0.2) is 22.0 Å². The van der Waals surface area contributed by atoms with Gasteiger partial charge in [0.05, 0.1) is 0 Å². The van der Waals surface area contributed by atoms with Crippen LogP contribution in [0.1, 0.15) is 30.6 Å². The molecular weight excluding hydrogens is 242 g/mol. The number of pyridine rings is 2. The highest BCUT2D eigenvalue weighted by Gasteiger charge is 2.14. The Kier molecular flexibility index (Phi) is 3.94. The van der Waals surface area contributed by atoms with Gasteiger partial charge < -0.3 is 5.32 Å². The topological polar surface area (TPSA) is 64.0 Å². The maximum Gasteiger partial charge on any atom is 0.265 e. The van der Waals surface area contributed by atoms with E-state index < -0.39 is 0 Å². The minimum Gasteiger partial charge on any atom is -0.352 e. The van der Waals surface area contributed by atoms with Crippen molar-refractivity contribution in [2.75, 3.05) is 6.54 Å². The van der Waals surface area contributed by atoms with Gasteiger partial charge in [0.1, 0.15) is 11.2 Å². The maximum absolute atomic E-state index is 12.3. The van der Waals surface area contributed by atoms with Gasteiger partial charge in [0.2, 0.25) is 0 Å². The largest absolute Gasteiger partial charge is 0.352 e. The summed E-state index contributed by atoms with van der Waals surface area (Å²) in [6.07, 6.45) is 2.48. The number of carbonyl (C=O) groups is 1. The van der Waals surface area contributed by atoms with Gasteiger partial charge in [-0.1, -0.05) is 6.92 Å². The van der Waals surface area contributed by atoms with E-state index in [-0.39, 0.29) is 17.0 Å². The molecule has 0 aliphatic heterocycles. The second-order valence-electron chi connectivity index (χ2n) is 4.28. The standard InChI is InChI=1S/C14H17N3O2/c1-3-7-16-13(18)11-9-10-6-5-8-15-12(10)17(4-2)14(11)19/h5-6,8-9H,3-4,7H2,1-2H3,(H,16,18). The number of nitrogens with zero attached hydrogens (tertiary/aromatic N) is 2. The van der Waals surface area contributed by atoms with Crippen LogP contribution in [0.3, 0.4) is 0 Å². The Labute approximate surface area is 111 Å². The lowest BCUT2D eigenvalue weighted by molar-refractivity contribution is 0.0952. The molecule has 0 radical (unpaired) electrons. The van der Waals surface area contributed by atoms with Crippen LogP contribution in [0.4, 0.5) is 0 Å². The van der Waals surface area contributed by atoms with Crippen molar-refractivity contribution >= 4 is 16.9 Å². The van der Waals surface area contributed by atoms with Gasteiger partial charge in [-0.15, -0.1) is 0 Å². The van der Waals surface area contributed by atoms with Gasteiger partial charge in [0, 0.05) is 24.7 Å². The van der Waals surface area contributed by atoms with Crippen LogP contribution >= 0.6 is 0 Å². The number of aryl methyl sites for hydroxylation is 1. The first-order valence-corrected chi connectivity index (χ1v) is 6.45. The molecule has 0 bridgehead atoms. The monoisotopic (exact) mass is 259 g/mol. The van der Waals surface area contributed by atoms with Crippen molar-refractivity contribution < 1.29 is 4.79 Å². The summed E-state index contributed by atoms with van der Waals surface area (Å²) >= 11 is 0. The lowest BCUT2D eigenvalue weighted by Gasteiger charge is -2.10. The molecule has 0 saturated heterocycles. The molecule has 1 N–H and O–H groups in total. The summed E-state index contributed by atoms with van der Waals surface area (Å²) in [6, 6.07) is 5.26. The number of hydrogen-bond acceptors (Lipinski definition) is 3. The van der Waals surface area contributed by atoms with Crippen LogP contribution in [-0.2, 0) is 6.54 Å². The van der Waals surface area contributed by atoms with Gasteiger partial charge in [-0.2, -0.15) is 0 Å².